The second-order valence-corrected chi connectivity index (χ2v) is 6.12. The number of aryl methyl sites for hydroxylation is 1. The van der Waals surface area contributed by atoms with Crippen molar-refractivity contribution in [1.29, 1.82) is 0 Å². The summed E-state index contributed by atoms with van der Waals surface area (Å²) in [5.41, 5.74) is 2.03. The van der Waals surface area contributed by atoms with Gasteiger partial charge in [0.2, 0.25) is 0 Å². The Morgan fingerprint density at radius 2 is 2.29 bits per heavy atom. The number of rotatable bonds is 4. The Kier molecular flexibility index (Phi) is 4.17. The number of aromatic amines is 1. The number of nitrogens with one attached hydrogen (secondary N) is 1. The third-order valence-corrected chi connectivity index (χ3v) is 4.57. The molecular formula is C12H15ClN2S2. The molecule has 0 aliphatic heterocycles. The maximum atomic E-state index is 6.23. The molecule has 92 valence electrons. The SMILES string of the molecule is CSC(C)CCn1c(=S)[nH]c2cccc(Cl)c21. The van der Waals surface area contributed by atoms with Gasteiger partial charge < -0.3 is 9.55 Å². The van der Waals surface area contributed by atoms with Gasteiger partial charge in [-0.25, -0.2) is 0 Å². The Hall–Kier alpha value is -0.450. The van der Waals surface area contributed by atoms with Crippen molar-refractivity contribution in [3.63, 3.8) is 0 Å². The van der Waals surface area contributed by atoms with Gasteiger partial charge in [-0.2, -0.15) is 11.8 Å². The van der Waals surface area contributed by atoms with E-state index in [0.717, 1.165) is 33.8 Å². The van der Waals surface area contributed by atoms with Crippen LogP contribution in [0.4, 0.5) is 0 Å². The Bertz CT molecular complexity index is 573. The predicted octanol–water partition coefficient (Wildman–Crippen LogP) is 4.49. The monoisotopic (exact) mass is 286 g/mol. The topological polar surface area (TPSA) is 20.7 Å². The molecule has 5 heteroatoms. The number of imidazole rings is 1. The van der Waals surface area contributed by atoms with Gasteiger partial charge >= 0.3 is 0 Å². The number of para-hydroxylation sites is 1. The zero-order valence-corrected chi connectivity index (χ0v) is 12.3. The van der Waals surface area contributed by atoms with Crippen LogP contribution in [0.15, 0.2) is 18.2 Å². The average Bonchev–Trinajstić information content (AvgIpc) is 2.63. The van der Waals surface area contributed by atoms with Gasteiger partial charge in [0.15, 0.2) is 4.77 Å². The Labute approximate surface area is 115 Å². The van der Waals surface area contributed by atoms with E-state index in [1.165, 1.54) is 0 Å². The Balaban J connectivity index is 2.39. The number of nitrogens with zero attached hydrogens (tertiary/aromatic N) is 1. The zero-order valence-electron chi connectivity index (χ0n) is 9.87. The van der Waals surface area contributed by atoms with Gasteiger partial charge in [-0.05, 0) is 37.0 Å². The lowest BCUT2D eigenvalue weighted by molar-refractivity contribution is 0.648. The van der Waals surface area contributed by atoms with Gasteiger partial charge in [0.25, 0.3) is 0 Å². The summed E-state index contributed by atoms with van der Waals surface area (Å²) in [5, 5.41) is 1.39. The summed E-state index contributed by atoms with van der Waals surface area (Å²) in [5.74, 6) is 0. The molecule has 1 atom stereocenters. The van der Waals surface area contributed by atoms with Crippen molar-refractivity contribution < 1.29 is 0 Å². The third-order valence-electron chi connectivity index (χ3n) is 2.91. The molecule has 1 aromatic carbocycles. The number of thioether (sulfide) groups is 1. The zero-order chi connectivity index (χ0) is 12.4. The predicted molar refractivity (Wildman–Crippen MR) is 79.7 cm³/mol. The van der Waals surface area contributed by atoms with E-state index in [4.69, 9.17) is 23.8 Å². The first-order valence-corrected chi connectivity index (χ1v) is 7.60. The van der Waals surface area contributed by atoms with Gasteiger partial charge in [0, 0.05) is 11.8 Å². The van der Waals surface area contributed by atoms with Crippen LogP contribution < -0.4 is 0 Å². The molecule has 0 bridgehead atoms. The molecule has 0 saturated carbocycles. The van der Waals surface area contributed by atoms with Crippen LogP contribution in [0.1, 0.15) is 13.3 Å². The number of hydrogen-bond donors (Lipinski definition) is 1. The van der Waals surface area contributed by atoms with Crippen LogP contribution >= 0.6 is 35.6 Å². The van der Waals surface area contributed by atoms with Gasteiger partial charge in [-0.3, -0.25) is 0 Å². The van der Waals surface area contributed by atoms with E-state index in [1.807, 2.05) is 30.0 Å². The number of aromatic nitrogens is 2. The van der Waals surface area contributed by atoms with Crippen LogP contribution in [0.25, 0.3) is 11.0 Å². The molecule has 2 nitrogen and oxygen atoms in total. The molecule has 0 spiro atoms. The molecule has 0 saturated heterocycles. The van der Waals surface area contributed by atoms with E-state index >= 15 is 0 Å². The summed E-state index contributed by atoms with van der Waals surface area (Å²) in [7, 11) is 0. The maximum Gasteiger partial charge on any atom is 0.178 e. The fourth-order valence-electron chi connectivity index (χ4n) is 1.82. The second-order valence-electron chi connectivity index (χ2n) is 4.05. The molecule has 0 amide bonds. The standard InChI is InChI=1S/C12H15ClN2S2/c1-8(17-2)6-7-15-11-9(13)4-3-5-10(11)14-12(15)16/h3-5,8H,6-7H2,1-2H3,(H,14,16). The van der Waals surface area contributed by atoms with Crippen LogP contribution in [0, 0.1) is 4.77 Å². The molecule has 0 aliphatic rings. The summed E-state index contributed by atoms with van der Waals surface area (Å²) >= 11 is 13.4. The lowest BCUT2D eigenvalue weighted by Crippen LogP contribution is -2.04. The minimum atomic E-state index is 0.629. The second kappa shape index (κ2) is 5.46. The van der Waals surface area contributed by atoms with E-state index in [-0.39, 0.29) is 0 Å². The first-order chi connectivity index (χ1) is 8.13. The molecule has 0 aliphatic carbocycles. The normalized spacial score (nSPS) is 13.1. The molecule has 1 unspecified atom stereocenters. The fraction of sp³-hybridized carbons (Fsp3) is 0.417. The molecule has 1 N–H and O–H groups in total. The highest BCUT2D eigenvalue weighted by atomic mass is 35.5. The summed E-state index contributed by atoms with van der Waals surface area (Å²) in [6.07, 6.45) is 3.22. The minimum Gasteiger partial charge on any atom is -0.331 e. The summed E-state index contributed by atoms with van der Waals surface area (Å²) in [6.45, 7) is 3.13. The number of H-pyrrole nitrogens is 1. The van der Waals surface area contributed by atoms with Crippen molar-refractivity contribution in [2.24, 2.45) is 0 Å². The van der Waals surface area contributed by atoms with E-state index in [9.17, 15) is 0 Å². The van der Waals surface area contributed by atoms with Crippen LogP contribution in [0.3, 0.4) is 0 Å². The lowest BCUT2D eigenvalue weighted by Gasteiger charge is -2.09. The van der Waals surface area contributed by atoms with Crippen molar-refractivity contribution in [3.05, 3.63) is 28.0 Å². The Morgan fingerprint density at radius 1 is 1.53 bits per heavy atom. The molecule has 2 rings (SSSR count). The first kappa shape index (κ1) is 13.0. The number of fused-ring (bicyclic) bond motifs is 1. The first-order valence-electron chi connectivity index (χ1n) is 5.53. The number of hydrogen-bond acceptors (Lipinski definition) is 2. The van der Waals surface area contributed by atoms with Crippen molar-refractivity contribution in [1.82, 2.24) is 9.55 Å². The highest BCUT2D eigenvalue weighted by molar-refractivity contribution is 7.99. The van der Waals surface area contributed by atoms with E-state index in [0.29, 0.717) is 5.25 Å². The molecule has 2 aromatic rings. The van der Waals surface area contributed by atoms with Gasteiger partial charge in [0.05, 0.1) is 16.1 Å². The quantitative estimate of drug-likeness (QED) is 0.836. The summed E-state index contributed by atoms with van der Waals surface area (Å²) in [6, 6.07) is 5.84. The highest BCUT2D eigenvalue weighted by Gasteiger charge is 2.08. The van der Waals surface area contributed by atoms with E-state index in [2.05, 4.69) is 22.7 Å². The maximum absolute atomic E-state index is 6.23. The van der Waals surface area contributed by atoms with Crippen LogP contribution in [0.2, 0.25) is 5.02 Å². The lowest BCUT2D eigenvalue weighted by atomic mass is 10.3. The van der Waals surface area contributed by atoms with E-state index < -0.39 is 0 Å². The van der Waals surface area contributed by atoms with Crippen molar-refractivity contribution >= 4 is 46.6 Å². The molecule has 1 heterocycles. The van der Waals surface area contributed by atoms with Gasteiger partial charge in [0.1, 0.15) is 0 Å². The molecule has 0 radical (unpaired) electrons. The third kappa shape index (κ3) is 2.69. The summed E-state index contributed by atoms with van der Waals surface area (Å²) < 4.78 is 2.85. The number of halogens is 1. The largest absolute Gasteiger partial charge is 0.331 e. The van der Waals surface area contributed by atoms with Crippen LogP contribution in [0.5, 0.6) is 0 Å². The average molecular weight is 287 g/mol. The van der Waals surface area contributed by atoms with Crippen molar-refractivity contribution in [2.75, 3.05) is 6.26 Å². The van der Waals surface area contributed by atoms with Gasteiger partial charge in [-0.1, -0.05) is 24.6 Å². The summed E-state index contributed by atoms with van der Waals surface area (Å²) in [4.78, 5) is 3.20. The molecular weight excluding hydrogens is 272 g/mol. The van der Waals surface area contributed by atoms with Gasteiger partial charge in [-0.15, -0.1) is 0 Å². The molecule has 0 fully saturated rings. The molecule has 1 aromatic heterocycles. The van der Waals surface area contributed by atoms with Crippen LogP contribution in [-0.4, -0.2) is 21.1 Å². The Morgan fingerprint density at radius 3 is 3.00 bits per heavy atom. The fourth-order valence-corrected chi connectivity index (χ4v) is 2.73. The highest BCUT2D eigenvalue weighted by Crippen LogP contribution is 2.24. The van der Waals surface area contributed by atoms with Crippen molar-refractivity contribution in [2.45, 2.75) is 25.1 Å². The van der Waals surface area contributed by atoms with E-state index in [1.54, 1.807) is 0 Å². The smallest absolute Gasteiger partial charge is 0.178 e. The van der Waals surface area contributed by atoms with Crippen LogP contribution in [-0.2, 0) is 6.54 Å². The minimum absolute atomic E-state index is 0.629. The van der Waals surface area contributed by atoms with Crippen molar-refractivity contribution in [3.8, 4) is 0 Å². The number of benzene rings is 1. The molecule has 17 heavy (non-hydrogen) atoms.